The Hall–Kier alpha value is -1.95. The predicted octanol–water partition coefficient (Wildman–Crippen LogP) is 4.67. The predicted molar refractivity (Wildman–Crippen MR) is 94.9 cm³/mol. The van der Waals surface area contributed by atoms with Crippen LogP contribution in [-0.2, 0) is 4.74 Å². The lowest BCUT2D eigenvalue weighted by atomic mass is 10.0. The van der Waals surface area contributed by atoms with Crippen molar-refractivity contribution in [2.45, 2.75) is 51.7 Å². The van der Waals surface area contributed by atoms with Crippen LogP contribution < -0.4 is 0 Å². The third kappa shape index (κ3) is 3.93. The zero-order valence-corrected chi connectivity index (χ0v) is 15.2. The van der Waals surface area contributed by atoms with Crippen LogP contribution in [0.5, 0.6) is 0 Å². The SMILES string of the molecule is CC(C)(C)OC(=O)N1CCCC[C@@H]1c1csc(-c2ccncc2)n1. The molecule has 1 atom stereocenters. The maximum atomic E-state index is 12.5. The number of ether oxygens (including phenoxy) is 1. The minimum Gasteiger partial charge on any atom is -0.444 e. The average molecular weight is 345 g/mol. The standard InChI is InChI=1S/C18H23N3O2S/c1-18(2,3)23-17(22)21-11-5-4-6-15(21)14-12-24-16(20-14)13-7-9-19-10-8-13/h7-10,12,15H,4-6,11H2,1-3H3/t15-/m1/s1. The molecule has 0 spiro atoms. The topological polar surface area (TPSA) is 55.3 Å². The summed E-state index contributed by atoms with van der Waals surface area (Å²) in [6.07, 6.45) is 6.33. The number of pyridine rings is 1. The van der Waals surface area contributed by atoms with Gasteiger partial charge in [-0.15, -0.1) is 11.3 Å². The first-order chi connectivity index (χ1) is 11.4. The van der Waals surface area contributed by atoms with Gasteiger partial charge in [-0.05, 0) is 52.2 Å². The van der Waals surface area contributed by atoms with Crippen molar-refractivity contribution in [1.82, 2.24) is 14.9 Å². The lowest BCUT2D eigenvalue weighted by molar-refractivity contribution is 0.00908. The number of piperidine rings is 1. The summed E-state index contributed by atoms with van der Waals surface area (Å²) in [6, 6.07) is 3.91. The van der Waals surface area contributed by atoms with E-state index in [-0.39, 0.29) is 12.1 Å². The Kier molecular flexibility index (Phi) is 4.85. The summed E-state index contributed by atoms with van der Waals surface area (Å²) < 4.78 is 5.57. The fourth-order valence-corrected chi connectivity index (χ4v) is 3.72. The highest BCUT2D eigenvalue weighted by molar-refractivity contribution is 7.13. The van der Waals surface area contributed by atoms with Crippen molar-refractivity contribution < 1.29 is 9.53 Å². The van der Waals surface area contributed by atoms with Crippen molar-refractivity contribution in [2.24, 2.45) is 0 Å². The first kappa shape index (κ1) is 16.9. The van der Waals surface area contributed by atoms with Crippen LogP contribution in [0.15, 0.2) is 29.9 Å². The number of hydrogen-bond acceptors (Lipinski definition) is 5. The Labute approximate surface area is 146 Å². The summed E-state index contributed by atoms with van der Waals surface area (Å²) >= 11 is 1.61. The normalized spacial score (nSPS) is 18.5. The second-order valence-electron chi connectivity index (χ2n) is 7.00. The number of rotatable bonds is 2. The van der Waals surface area contributed by atoms with Gasteiger partial charge >= 0.3 is 6.09 Å². The fourth-order valence-electron chi connectivity index (χ4n) is 2.84. The van der Waals surface area contributed by atoms with E-state index in [1.54, 1.807) is 23.7 Å². The van der Waals surface area contributed by atoms with Crippen molar-refractivity contribution in [3.8, 4) is 10.6 Å². The van der Waals surface area contributed by atoms with Gasteiger partial charge in [0.1, 0.15) is 10.6 Å². The van der Waals surface area contributed by atoms with Gasteiger partial charge < -0.3 is 4.74 Å². The van der Waals surface area contributed by atoms with Crippen molar-refractivity contribution >= 4 is 17.4 Å². The molecular formula is C18H23N3O2S. The summed E-state index contributed by atoms with van der Waals surface area (Å²) in [5.74, 6) is 0. The van der Waals surface area contributed by atoms with Crippen LogP contribution in [0.2, 0.25) is 0 Å². The molecule has 0 saturated carbocycles. The van der Waals surface area contributed by atoms with Gasteiger partial charge in [0.05, 0.1) is 11.7 Å². The molecule has 0 bridgehead atoms. The van der Waals surface area contributed by atoms with Crippen LogP contribution in [0.3, 0.4) is 0 Å². The third-order valence-electron chi connectivity index (χ3n) is 3.92. The molecule has 1 fully saturated rings. The quantitative estimate of drug-likeness (QED) is 0.794. The highest BCUT2D eigenvalue weighted by Gasteiger charge is 2.32. The van der Waals surface area contributed by atoms with Crippen molar-refractivity contribution in [2.75, 3.05) is 6.54 Å². The number of nitrogens with zero attached hydrogens (tertiary/aromatic N) is 3. The summed E-state index contributed by atoms with van der Waals surface area (Å²) in [7, 11) is 0. The van der Waals surface area contributed by atoms with Gasteiger partial charge in [0, 0.05) is 29.9 Å². The number of thiazole rings is 1. The van der Waals surface area contributed by atoms with Gasteiger partial charge in [-0.1, -0.05) is 0 Å². The highest BCUT2D eigenvalue weighted by Crippen LogP contribution is 2.34. The third-order valence-corrected chi connectivity index (χ3v) is 4.83. The zero-order chi connectivity index (χ0) is 17.2. The Balaban J connectivity index is 1.81. The molecule has 0 aliphatic carbocycles. The summed E-state index contributed by atoms with van der Waals surface area (Å²) in [4.78, 5) is 23.2. The van der Waals surface area contributed by atoms with Gasteiger partial charge in [-0.2, -0.15) is 0 Å². The minimum absolute atomic E-state index is 0.000405. The van der Waals surface area contributed by atoms with Gasteiger partial charge in [-0.25, -0.2) is 9.78 Å². The molecule has 1 aliphatic rings. The molecule has 0 radical (unpaired) electrons. The monoisotopic (exact) mass is 345 g/mol. The van der Waals surface area contributed by atoms with E-state index < -0.39 is 5.60 Å². The second-order valence-corrected chi connectivity index (χ2v) is 7.86. The molecule has 128 valence electrons. The summed E-state index contributed by atoms with van der Waals surface area (Å²) in [5.41, 5.74) is 1.53. The van der Waals surface area contributed by atoms with Crippen LogP contribution in [0.4, 0.5) is 4.79 Å². The van der Waals surface area contributed by atoms with E-state index in [0.717, 1.165) is 42.1 Å². The Morgan fingerprint density at radius 2 is 2.04 bits per heavy atom. The number of carbonyl (C=O) groups is 1. The number of carbonyl (C=O) groups excluding carboxylic acids is 1. The number of aromatic nitrogens is 2. The molecular weight excluding hydrogens is 322 g/mol. The molecule has 5 nitrogen and oxygen atoms in total. The van der Waals surface area contributed by atoms with Crippen molar-refractivity contribution in [3.05, 3.63) is 35.6 Å². The summed E-state index contributed by atoms with van der Waals surface area (Å²) in [6.45, 7) is 6.42. The first-order valence-electron chi connectivity index (χ1n) is 8.29. The summed E-state index contributed by atoms with van der Waals surface area (Å²) in [5, 5.41) is 3.02. The zero-order valence-electron chi connectivity index (χ0n) is 14.4. The van der Waals surface area contributed by atoms with E-state index >= 15 is 0 Å². The molecule has 2 aromatic rings. The molecule has 1 saturated heterocycles. The van der Waals surface area contributed by atoms with Gasteiger partial charge in [0.2, 0.25) is 0 Å². The molecule has 0 unspecified atom stereocenters. The Morgan fingerprint density at radius 1 is 1.29 bits per heavy atom. The highest BCUT2D eigenvalue weighted by atomic mass is 32.1. The van der Waals surface area contributed by atoms with Crippen LogP contribution in [0, 0.1) is 0 Å². The second kappa shape index (κ2) is 6.89. The van der Waals surface area contributed by atoms with E-state index in [4.69, 9.17) is 9.72 Å². The van der Waals surface area contributed by atoms with Crippen molar-refractivity contribution in [1.29, 1.82) is 0 Å². The van der Waals surface area contributed by atoms with E-state index in [1.807, 2.05) is 37.8 Å². The molecule has 3 rings (SSSR count). The van der Waals surface area contributed by atoms with Gasteiger partial charge in [0.15, 0.2) is 0 Å². The van der Waals surface area contributed by atoms with Crippen molar-refractivity contribution in [3.63, 3.8) is 0 Å². The van der Waals surface area contributed by atoms with Crippen LogP contribution >= 0.6 is 11.3 Å². The molecule has 1 aliphatic heterocycles. The minimum atomic E-state index is -0.483. The molecule has 2 aromatic heterocycles. The van der Waals surface area contributed by atoms with Gasteiger partial charge in [0.25, 0.3) is 0 Å². The van der Waals surface area contributed by atoms with Gasteiger partial charge in [-0.3, -0.25) is 9.88 Å². The van der Waals surface area contributed by atoms with E-state index in [1.165, 1.54) is 0 Å². The Morgan fingerprint density at radius 3 is 2.75 bits per heavy atom. The van der Waals surface area contributed by atoms with E-state index in [0.29, 0.717) is 0 Å². The molecule has 24 heavy (non-hydrogen) atoms. The van der Waals surface area contributed by atoms with Crippen LogP contribution in [0.25, 0.3) is 10.6 Å². The van der Waals surface area contributed by atoms with E-state index in [9.17, 15) is 4.79 Å². The maximum absolute atomic E-state index is 12.5. The van der Waals surface area contributed by atoms with Crippen LogP contribution in [-0.4, -0.2) is 33.1 Å². The molecule has 6 heteroatoms. The Bertz CT molecular complexity index is 694. The smallest absolute Gasteiger partial charge is 0.410 e. The molecule has 1 amide bonds. The molecule has 3 heterocycles. The average Bonchev–Trinajstić information content (AvgIpc) is 3.04. The first-order valence-corrected chi connectivity index (χ1v) is 9.17. The largest absolute Gasteiger partial charge is 0.444 e. The molecule has 0 N–H and O–H groups in total. The fraction of sp³-hybridized carbons (Fsp3) is 0.500. The number of amides is 1. The van der Waals surface area contributed by atoms with Crippen LogP contribution in [0.1, 0.15) is 51.8 Å². The maximum Gasteiger partial charge on any atom is 0.410 e. The lowest BCUT2D eigenvalue weighted by Gasteiger charge is -2.36. The lowest BCUT2D eigenvalue weighted by Crippen LogP contribution is -2.42. The molecule has 0 aromatic carbocycles. The number of likely N-dealkylation sites (tertiary alicyclic amines) is 1. The van der Waals surface area contributed by atoms with E-state index in [2.05, 4.69) is 10.4 Å². The number of hydrogen-bond donors (Lipinski definition) is 0.